The highest BCUT2D eigenvalue weighted by Gasteiger charge is 2.36. The molecule has 1 aromatic carbocycles. The lowest BCUT2D eigenvalue weighted by Gasteiger charge is -2.25. The van der Waals surface area contributed by atoms with Crippen LogP contribution in [0.4, 0.5) is 13.2 Å². The van der Waals surface area contributed by atoms with Gasteiger partial charge in [0.15, 0.2) is 0 Å². The van der Waals surface area contributed by atoms with Crippen LogP contribution < -0.4 is 0 Å². The molecule has 1 aromatic rings. The van der Waals surface area contributed by atoms with Crippen molar-refractivity contribution in [1.82, 2.24) is 0 Å². The fraction of sp³-hybridized carbons (Fsp3) is 0.538. The predicted octanol–water partition coefficient (Wildman–Crippen LogP) is 4.33. The molecule has 96 valence electrons. The lowest BCUT2D eigenvalue weighted by atomic mass is 9.82. The van der Waals surface area contributed by atoms with E-state index >= 15 is 0 Å². The van der Waals surface area contributed by atoms with Gasteiger partial charge in [-0.05, 0) is 30.4 Å². The number of rotatable bonds is 0. The lowest BCUT2D eigenvalue weighted by molar-refractivity contribution is -0.138. The molecule has 0 aliphatic rings. The Labute approximate surface area is 99.3 Å². The Balaban J connectivity index is 3.60. The van der Waals surface area contributed by atoms with Gasteiger partial charge in [-0.3, -0.25) is 0 Å². The topological polar surface area (TPSA) is 20.2 Å². The van der Waals surface area contributed by atoms with E-state index in [1.54, 1.807) is 0 Å². The summed E-state index contributed by atoms with van der Waals surface area (Å²) >= 11 is 0. The average molecular weight is 246 g/mol. The van der Waals surface area contributed by atoms with Gasteiger partial charge in [-0.15, -0.1) is 0 Å². The first kappa shape index (κ1) is 13.9. The first-order chi connectivity index (χ1) is 7.46. The molecule has 0 aliphatic heterocycles. The Hall–Kier alpha value is -1.19. The minimum absolute atomic E-state index is 0.0950. The van der Waals surface area contributed by atoms with E-state index in [0.717, 1.165) is 0 Å². The van der Waals surface area contributed by atoms with Crippen molar-refractivity contribution in [2.24, 2.45) is 0 Å². The van der Waals surface area contributed by atoms with E-state index in [4.69, 9.17) is 0 Å². The Kier molecular flexibility index (Phi) is 3.21. The summed E-state index contributed by atoms with van der Waals surface area (Å²) in [7, 11) is 0. The van der Waals surface area contributed by atoms with Gasteiger partial charge < -0.3 is 5.11 Å². The first-order valence-electron chi connectivity index (χ1n) is 5.37. The number of alkyl halides is 3. The van der Waals surface area contributed by atoms with Crippen molar-refractivity contribution in [3.63, 3.8) is 0 Å². The number of benzene rings is 1. The highest BCUT2D eigenvalue weighted by molar-refractivity contribution is 5.52. The second kappa shape index (κ2) is 3.93. The minimum Gasteiger partial charge on any atom is -0.507 e. The molecule has 0 aliphatic carbocycles. The highest BCUT2D eigenvalue weighted by Crippen LogP contribution is 2.42. The van der Waals surface area contributed by atoms with Crippen molar-refractivity contribution in [2.45, 2.75) is 46.2 Å². The number of halogens is 3. The van der Waals surface area contributed by atoms with Crippen LogP contribution in [0.15, 0.2) is 6.07 Å². The number of aryl methyl sites for hydroxylation is 1. The Morgan fingerprint density at radius 2 is 1.53 bits per heavy atom. The summed E-state index contributed by atoms with van der Waals surface area (Å²) in [6, 6.07) is 1.42. The molecule has 0 spiro atoms. The maximum absolute atomic E-state index is 12.8. The van der Waals surface area contributed by atoms with Crippen molar-refractivity contribution >= 4 is 0 Å². The number of phenolic OH excluding ortho intramolecular Hbond substituents is 1. The quantitative estimate of drug-likeness (QED) is 0.722. The van der Waals surface area contributed by atoms with Crippen LogP contribution >= 0.6 is 0 Å². The van der Waals surface area contributed by atoms with Gasteiger partial charge in [0.1, 0.15) is 5.75 Å². The highest BCUT2D eigenvalue weighted by atomic mass is 19.4. The molecule has 0 unspecified atom stereocenters. The van der Waals surface area contributed by atoms with Gasteiger partial charge in [0, 0.05) is 5.56 Å². The fourth-order valence-corrected chi connectivity index (χ4v) is 1.98. The Morgan fingerprint density at radius 1 is 1.06 bits per heavy atom. The van der Waals surface area contributed by atoms with Gasteiger partial charge in [0.25, 0.3) is 0 Å². The summed E-state index contributed by atoms with van der Waals surface area (Å²) < 4.78 is 38.4. The van der Waals surface area contributed by atoms with Crippen molar-refractivity contribution in [3.8, 4) is 5.75 Å². The Morgan fingerprint density at radius 3 is 1.88 bits per heavy atom. The third kappa shape index (κ3) is 2.56. The number of phenols is 1. The number of hydrogen-bond acceptors (Lipinski definition) is 1. The van der Waals surface area contributed by atoms with E-state index in [1.807, 2.05) is 20.8 Å². The predicted molar refractivity (Wildman–Crippen MR) is 61.3 cm³/mol. The summed E-state index contributed by atoms with van der Waals surface area (Å²) in [6.45, 7) is 8.29. The molecule has 1 N–H and O–H groups in total. The van der Waals surface area contributed by atoms with Crippen molar-refractivity contribution in [2.75, 3.05) is 0 Å². The molecule has 4 heteroatoms. The molecule has 0 heterocycles. The van der Waals surface area contributed by atoms with Gasteiger partial charge in [-0.2, -0.15) is 13.2 Å². The van der Waals surface area contributed by atoms with Crippen LogP contribution in [0.25, 0.3) is 0 Å². The van der Waals surface area contributed by atoms with Crippen molar-refractivity contribution in [3.05, 3.63) is 28.3 Å². The molecule has 0 aromatic heterocycles. The largest absolute Gasteiger partial charge is 0.507 e. The van der Waals surface area contributed by atoms with Crippen molar-refractivity contribution < 1.29 is 18.3 Å². The van der Waals surface area contributed by atoms with Crippen LogP contribution in [0.3, 0.4) is 0 Å². The van der Waals surface area contributed by atoms with E-state index in [2.05, 4.69) is 0 Å². The summed E-state index contributed by atoms with van der Waals surface area (Å²) in [6.07, 6.45) is -4.43. The average Bonchev–Trinajstić information content (AvgIpc) is 2.07. The first-order valence-corrected chi connectivity index (χ1v) is 5.37. The van der Waals surface area contributed by atoms with Gasteiger partial charge in [0.2, 0.25) is 0 Å². The minimum atomic E-state index is -4.43. The molecule has 0 fully saturated rings. The molecule has 0 saturated carbocycles. The van der Waals surface area contributed by atoms with E-state index < -0.39 is 11.7 Å². The van der Waals surface area contributed by atoms with Crippen LogP contribution in [-0.4, -0.2) is 5.11 Å². The van der Waals surface area contributed by atoms with E-state index in [1.165, 1.54) is 19.9 Å². The maximum atomic E-state index is 12.8. The SMILES string of the molecule is Cc1cc(C(C)(C)C)c(O)c(C)c1C(F)(F)F. The van der Waals surface area contributed by atoms with E-state index in [-0.39, 0.29) is 22.3 Å². The van der Waals surface area contributed by atoms with Crippen LogP contribution in [0.5, 0.6) is 5.75 Å². The summed E-state index contributed by atoms with van der Waals surface area (Å²) in [5.74, 6) is -0.254. The standard InChI is InChI=1S/C13H17F3O/c1-7-6-9(12(3,4)5)11(17)8(2)10(7)13(14,15)16/h6,17H,1-5H3. The molecule has 1 rings (SSSR count). The molecule has 0 saturated heterocycles. The van der Waals surface area contributed by atoms with Gasteiger partial charge >= 0.3 is 6.18 Å². The van der Waals surface area contributed by atoms with E-state index in [9.17, 15) is 18.3 Å². The number of aromatic hydroxyl groups is 1. The Bertz CT molecular complexity index is 439. The third-order valence-corrected chi connectivity index (χ3v) is 2.83. The molecule has 1 nitrogen and oxygen atoms in total. The molecule has 0 amide bonds. The van der Waals surface area contributed by atoms with Crippen molar-refractivity contribution in [1.29, 1.82) is 0 Å². The van der Waals surface area contributed by atoms with Crippen LogP contribution in [0.2, 0.25) is 0 Å². The normalized spacial score (nSPS) is 12.9. The summed E-state index contributed by atoms with van der Waals surface area (Å²) in [4.78, 5) is 0. The second-order valence-corrected chi connectivity index (χ2v) is 5.34. The van der Waals surface area contributed by atoms with Gasteiger partial charge in [-0.1, -0.05) is 26.8 Å². The fourth-order valence-electron chi connectivity index (χ4n) is 1.98. The van der Waals surface area contributed by atoms with Gasteiger partial charge in [-0.25, -0.2) is 0 Å². The smallest absolute Gasteiger partial charge is 0.417 e. The second-order valence-electron chi connectivity index (χ2n) is 5.34. The van der Waals surface area contributed by atoms with Crippen LogP contribution in [0, 0.1) is 13.8 Å². The zero-order valence-corrected chi connectivity index (χ0v) is 10.7. The van der Waals surface area contributed by atoms with Crippen LogP contribution in [-0.2, 0) is 11.6 Å². The molecule has 0 atom stereocenters. The third-order valence-electron chi connectivity index (χ3n) is 2.83. The molecule has 17 heavy (non-hydrogen) atoms. The molecule has 0 radical (unpaired) electrons. The zero-order valence-electron chi connectivity index (χ0n) is 10.7. The molecular weight excluding hydrogens is 229 g/mol. The number of hydrogen-bond donors (Lipinski definition) is 1. The maximum Gasteiger partial charge on any atom is 0.417 e. The molecular formula is C13H17F3O. The van der Waals surface area contributed by atoms with E-state index in [0.29, 0.717) is 5.56 Å². The van der Waals surface area contributed by atoms with Crippen LogP contribution in [0.1, 0.15) is 43.0 Å². The zero-order chi connectivity index (χ0) is 13.6. The van der Waals surface area contributed by atoms with Gasteiger partial charge in [0.05, 0.1) is 5.56 Å². The summed E-state index contributed by atoms with van der Waals surface area (Å²) in [5.41, 5.74) is -0.521. The lowest BCUT2D eigenvalue weighted by Crippen LogP contribution is -2.16. The summed E-state index contributed by atoms with van der Waals surface area (Å²) in [5, 5.41) is 9.90. The monoisotopic (exact) mass is 246 g/mol. The molecule has 0 bridgehead atoms.